The van der Waals surface area contributed by atoms with Gasteiger partial charge in [0.25, 0.3) is 0 Å². The van der Waals surface area contributed by atoms with Gasteiger partial charge in [-0.1, -0.05) is 27.7 Å². The zero-order chi connectivity index (χ0) is 31.0. The van der Waals surface area contributed by atoms with E-state index in [9.17, 15) is 40.5 Å². The van der Waals surface area contributed by atoms with E-state index in [-0.39, 0.29) is 37.1 Å². The molecule has 4 aliphatic carbocycles. The van der Waals surface area contributed by atoms with Gasteiger partial charge in [0.05, 0.1) is 36.1 Å². The van der Waals surface area contributed by atoms with E-state index in [0.717, 1.165) is 6.42 Å². The number of hydrogen-bond acceptors (Lipinski definition) is 10. The number of carbonyl (C=O) groups excluding carboxylic acids is 1. The molecule has 0 radical (unpaired) electrons. The molecule has 0 amide bonds. The lowest BCUT2D eigenvalue weighted by molar-refractivity contribution is -0.297. The molecule has 240 valence electrons. The van der Waals surface area contributed by atoms with Crippen LogP contribution in [0.1, 0.15) is 86.0 Å². The Hall–Kier alpha value is -0.950. The highest BCUT2D eigenvalue weighted by molar-refractivity contribution is 5.95. The molecule has 1 aliphatic heterocycles. The molecule has 10 heteroatoms. The van der Waals surface area contributed by atoms with Crippen LogP contribution in [0.25, 0.3) is 0 Å². The third-order valence-electron chi connectivity index (χ3n) is 12.3. The molecule has 4 unspecified atom stereocenters. The van der Waals surface area contributed by atoms with E-state index in [1.807, 2.05) is 13.8 Å². The van der Waals surface area contributed by atoms with Gasteiger partial charge >= 0.3 is 0 Å². The number of ether oxygens (including phenoxy) is 2. The molecule has 1 heterocycles. The predicted octanol–water partition coefficient (Wildman–Crippen LogP) is 1.20. The van der Waals surface area contributed by atoms with E-state index < -0.39 is 70.9 Å². The van der Waals surface area contributed by atoms with Gasteiger partial charge in [0.15, 0.2) is 12.1 Å². The van der Waals surface area contributed by atoms with Crippen molar-refractivity contribution in [3.05, 3.63) is 11.6 Å². The first-order valence-corrected chi connectivity index (χ1v) is 15.9. The van der Waals surface area contributed by atoms with Crippen LogP contribution in [0.3, 0.4) is 0 Å². The molecule has 1 saturated heterocycles. The van der Waals surface area contributed by atoms with Crippen LogP contribution in [0.5, 0.6) is 0 Å². The van der Waals surface area contributed by atoms with Gasteiger partial charge in [-0.05, 0) is 93.1 Å². The number of rotatable bonds is 7. The molecule has 42 heavy (non-hydrogen) atoms. The summed E-state index contributed by atoms with van der Waals surface area (Å²) in [6, 6.07) is 0. The highest BCUT2D eigenvalue weighted by Gasteiger charge is 2.69. The molecule has 0 aromatic carbocycles. The number of hydrogen-bond donors (Lipinski definition) is 7. The minimum atomic E-state index is -1.50. The van der Waals surface area contributed by atoms with E-state index in [1.54, 1.807) is 13.0 Å². The van der Waals surface area contributed by atoms with Gasteiger partial charge in [-0.2, -0.15) is 0 Å². The van der Waals surface area contributed by atoms with E-state index >= 15 is 0 Å². The fraction of sp³-hybridized carbons (Fsp3) is 0.906. The average molecular weight is 597 g/mol. The predicted molar refractivity (Wildman–Crippen MR) is 152 cm³/mol. The zero-order valence-electron chi connectivity index (χ0n) is 25.6. The molecule has 5 rings (SSSR count). The molecule has 14 atom stereocenters. The smallest absolute Gasteiger partial charge is 0.186 e. The molecule has 4 fully saturated rings. The van der Waals surface area contributed by atoms with Crippen LogP contribution < -0.4 is 0 Å². The van der Waals surface area contributed by atoms with E-state index in [1.165, 1.54) is 0 Å². The maximum atomic E-state index is 13.8. The van der Waals surface area contributed by atoms with Crippen LogP contribution in [-0.2, 0) is 14.3 Å². The fourth-order valence-corrected chi connectivity index (χ4v) is 9.53. The SMILES string of the molecule is CC(C)CCC(O)[C@](C)(O)[C@H]1CC[C@@]2(O)C3=CC(=O)C4CC(O[C@@H]5OC[C@@H](O)[C@H](O)[C@H]5O)C(O)C[C@]4(C)[C@H]3CC[C@]12C. The summed E-state index contributed by atoms with van der Waals surface area (Å²) in [4.78, 5) is 13.8. The lowest BCUT2D eigenvalue weighted by Gasteiger charge is -2.61. The summed E-state index contributed by atoms with van der Waals surface area (Å²) in [6.45, 7) is 9.62. The Morgan fingerprint density at radius 2 is 1.74 bits per heavy atom. The van der Waals surface area contributed by atoms with Crippen LogP contribution in [0.2, 0.25) is 0 Å². The van der Waals surface area contributed by atoms with Gasteiger partial charge in [0, 0.05) is 11.3 Å². The van der Waals surface area contributed by atoms with Crippen LogP contribution in [-0.4, -0.2) is 102 Å². The number of allylic oxidation sites excluding steroid dienone is 1. The fourth-order valence-electron chi connectivity index (χ4n) is 9.53. The van der Waals surface area contributed by atoms with Crippen LogP contribution >= 0.6 is 0 Å². The van der Waals surface area contributed by atoms with Gasteiger partial charge in [0.1, 0.15) is 18.3 Å². The minimum absolute atomic E-state index is 0.144. The third-order valence-corrected chi connectivity index (χ3v) is 12.3. The van der Waals surface area contributed by atoms with Gasteiger partial charge < -0.3 is 45.2 Å². The molecule has 0 aromatic rings. The quantitative estimate of drug-likeness (QED) is 0.226. The first-order valence-electron chi connectivity index (χ1n) is 15.9. The summed E-state index contributed by atoms with van der Waals surface area (Å²) in [6.07, 6.45) is -2.66. The van der Waals surface area contributed by atoms with Crippen molar-refractivity contribution in [1.29, 1.82) is 0 Å². The summed E-state index contributed by atoms with van der Waals surface area (Å²) in [5.74, 6) is -0.747. The Morgan fingerprint density at radius 1 is 1.05 bits per heavy atom. The molecule has 0 bridgehead atoms. The Morgan fingerprint density at radius 3 is 2.40 bits per heavy atom. The minimum Gasteiger partial charge on any atom is -0.390 e. The number of ketones is 1. The lowest BCUT2D eigenvalue weighted by Crippen LogP contribution is -2.63. The second-order valence-electron chi connectivity index (χ2n) is 15.2. The van der Waals surface area contributed by atoms with Crippen molar-refractivity contribution in [2.45, 2.75) is 140 Å². The van der Waals surface area contributed by atoms with Crippen LogP contribution in [0.15, 0.2) is 11.6 Å². The molecular weight excluding hydrogens is 544 g/mol. The number of aliphatic hydroxyl groups excluding tert-OH is 5. The third kappa shape index (κ3) is 4.93. The van der Waals surface area contributed by atoms with Gasteiger partial charge in [-0.25, -0.2) is 0 Å². The maximum Gasteiger partial charge on any atom is 0.186 e. The largest absolute Gasteiger partial charge is 0.390 e. The second-order valence-corrected chi connectivity index (χ2v) is 15.2. The summed E-state index contributed by atoms with van der Waals surface area (Å²) >= 11 is 0. The number of carbonyl (C=O) groups is 1. The van der Waals surface area contributed by atoms with Crippen molar-refractivity contribution in [2.24, 2.45) is 34.5 Å². The molecule has 0 spiro atoms. The second kappa shape index (κ2) is 11.1. The van der Waals surface area contributed by atoms with Crippen molar-refractivity contribution >= 4 is 5.78 Å². The Kier molecular flexibility index (Phi) is 8.60. The highest BCUT2D eigenvalue weighted by Crippen LogP contribution is 2.68. The number of fused-ring (bicyclic) bond motifs is 5. The van der Waals surface area contributed by atoms with Crippen molar-refractivity contribution in [1.82, 2.24) is 0 Å². The van der Waals surface area contributed by atoms with E-state index in [4.69, 9.17) is 9.47 Å². The lowest BCUT2D eigenvalue weighted by atomic mass is 9.45. The number of aliphatic hydroxyl groups is 7. The molecular formula is C32H52O10. The van der Waals surface area contributed by atoms with Crippen molar-refractivity contribution in [3.8, 4) is 0 Å². The van der Waals surface area contributed by atoms with Crippen molar-refractivity contribution < 1.29 is 50.0 Å². The average Bonchev–Trinajstić information content (AvgIpc) is 3.20. The van der Waals surface area contributed by atoms with Crippen LogP contribution in [0.4, 0.5) is 0 Å². The zero-order valence-corrected chi connectivity index (χ0v) is 25.6. The van der Waals surface area contributed by atoms with Gasteiger partial charge in [-0.15, -0.1) is 0 Å². The topological polar surface area (TPSA) is 177 Å². The molecule has 0 aromatic heterocycles. The summed E-state index contributed by atoms with van der Waals surface area (Å²) in [7, 11) is 0. The monoisotopic (exact) mass is 596 g/mol. The van der Waals surface area contributed by atoms with Gasteiger partial charge in [0.2, 0.25) is 0 Å². The summed E-state index contributed by atoms with van der Waals surface area (Å²) in [5.41, 5.74) is -3.41. The Labute approximate surface area is 248 Å². The Bertz CT molecular complexity index is 1060. The van der Waals surface area contributed by atoms with Crippen molar-refractivity contribution in [3.63, 3.8) is 0 Å². The molecule has 5 aliphatic rings. The van der Waals surface area contributed by atoms with Crippen LogP contribution in [0, 0.1) is 34.5 Å². The molecule has 3 saturated carbocycles. The summed E-state index contributed by atoms with van der Waals surface area (Å²) in [5, 5.41) is 76.6. The van der Waals surface area contributed by atoms with Crippen molar-refractivity contribution in [2.75, 3.05) is 6.61 Å². The van der Waals surface area contributed by atoms with E-state index in [2.05, 4.69) is 13.8 Å². The molecule has 7 N–H and O–H groups in total. The first-order chi connectivity index (χ1) is 19.5. The first kappa shape index (κ1) is 32.4. The van der Waals surface area contributed by atoms with Gasteiger partial charge in [-0.3, -0.25) is 4.79 Å². The molecule has 10 nitrogen and oxygen atoms in total. The summed E-state index contributed by atoms with van der Waals surface area (Å²) < 4.78 is 11.3. The standard InChI is InChI=1S/C32H52O10/c1-16(2)6-7-25(36)31(5,39)24-9-11-32(40)18-12-20(33)19-13-23(42-28-27(38)26(37)22(35)15-41-28)21(34)14-29(19,3)17(18)8-10-30(24,32)4/h12,16-17,19,21-28,34-40H,6-11,13-15H2,1-5H3/t17-,19?,21?,22+,23?,24-,25?,26-,27+,28-,29+,30+,31+,32+/m0/s1. The Balaban J connectivity index is 1.38. The van der Waals surface area contributed by atoms with E-state index in [0.29, 0.717) is 43.6 Å². The normalized spacial score (nSPS) is 49.5. The highest BCUT2D eigenvalue weighted by atomic mass is 16.7. The maximum absolute atomic E-state index is 13.8.